The second-order valence-electron chi connectivity index (χ2n) is 6.17. The normalized spacial score (nSPS) is 16.5. The molecule has 1 amide bonds. The van der Waals surface area contributed by atoms with Crippen molar-refractivity contribution in [1.82, 2.24) is 0 Å². The topological polar surface area (TPSA) is 55.4 Å². The van der Waals surface area contributed by atoms with E-state index in [1.165, 1.54) is 0 Å². The van der Waals surface area contributed by atoms with Gasteiger partial charge in [0.25, 0.3) is 5.91 Å². The van der Waals surface area contributed by atoms with Gasteiger partial charge in [0.2, 0.25) is 0 Å². The lowest BCUT2D eigenvalue weighted by molar-refractivity contribution is -0.125. The Morgan fingerprint density at radius 2 is 1.92 bits per heavy atom. The van der Waals surface area contributed by atoms with Gasteiger partial charge in [-0.05, 0) is 47.4 Å². The van der Waals surface area contributed by atoms with E-state index in [1.807, 2.05) is 12.1 Å². The van der Waals surface area contributed by atoms with Crippen molar-refractivity contribution in [3.63, 3.8) is 0 Å². The molecule has 0 aromatic heterocycles. The third kappa shape index (κ3) is 3.44. The number of nitrogens with one attached hydrogen (secondary N) is 1. The van der Waals surface area contributed by atoms with Gasteiger partial charge in [0.1, 0.15) is 0 Å². The van der Waals surface area contributed by atoms with Crippen molar-refractivity contribution in [3.8, 4) is 0 Å². The van der Waals surface area contributed by atoms with E-state index in [0.717, 1.165) is 11.1 Å². The third-order valence-electron chi connectivity index (χ3n) is 4.07. The lowest BCUT2D eigenvalue weighted by Crippen LogP contribution is -2.38. The molecule has 1 aliphatic rings. The molecule has 0 saturated heterocycles. The number of rotatable bonds is 3. The number of cyclic esters (lactones) is 1. The zero-order valence-corrected chi connectivity index (χ0v) is 14.3. The molecule has 0 saturated carbocycles. The standard InChI is InChI=1S/C19H18ClNO3/c1-11(2)12-3-8-16-13(9-12)10-17(24-19(16)23)18(22)21-15-6-4-14(20)5-7-15/h3-9,11,17H,10H2,1-2H3,(H,21,22). The quantitative estimate of drug-likeness (QED) is 0.850. The predicted molar refractivity (Wildman–Crippen MR) is 93.5 cm³/mol. The van der Waals surface area contributed by atoms with Gasteiger partial charge in [-0.15, -0.1) is 0 Å². The molecule has 5 heteroatoms. The number of carbonyl (C=O) groups excluding carboxylic acids is 2. The predicted octanol–water partition coefficient (Wildman–Crippen LogP) is 4.18. The van der Waals surface area contributed by atoms with Crippen LogP contribution in [-0.4, -0.2) is 18.0 Å². The summed E-state index contributed by atoms with van der Waals surface area (Å²) in [5, 5.41) is 3.34. The Labute approximate surface area is 145 Å². The summed E-state index contributed by atoms with van der Waals surface area (Å²) in [4.78, 5) is 24.6. The molecule has 1 heterocycles. The Kier molecular flexibility index (Phi) is 4.58. The molecule has 0 aliphatic carbocycles. The van der Waals surface area contributed by atoms with Crippen LogP contribution >= 0.6 is 11.6 Å². The van der Waals surface area contributed by atoms with E-state index in [9.17, 15) is 9.59 Å². The summed E-state index contributed by atoms with van der Waals surface area (Å²) in [6.45, 7) is 4.18. The molecule has 124 valence electrons. The maximum atomic E-state index is 12.4. The van der Waals surface area contributed by atoms with Crippen molar-refractivity contribution < 1.29 is 14.3 Å². The van der Waals surface area contributed by atoms with Crippen LogP contribution in [0.25, 0.3) is 0 Å². The molecule has 2 aromatic carbocycles. The Morgan fingerprint density at radius 3 is 2.58 bits per heavy atom. The van der Waals surface area contributed by atoms with Gasteiger partial charge < -0.3 is 10.1 Å². The van der Waals surface area contributed by atoms with Crippen LogP contribution in [0.15, 0.2) is 42.5 Å². The zero-order valence-electron chi connectivity index (χ0n) is 13.5. The highest BCUT2D eigenvalue weighted by molar-refractivity contribution is 6.30. The van der Waals surface area contributed by atoms with E-state index in [0.29, 0.717) is 28.6 Å². The molecule has 0 fully saturated rings. The lowest BCUT2D eigenvalue weighted by Gasteiger charge is -2.24. The van der Waals surface area contributed by atoms with E-state index < -0.39 is 12.1 Å². The molecule has 3 rings (SSSR count). The first-order chi connectivity index (χ1) is 11.4. The van der Waals surface area contributed by atoms with Gasteiger partial charge in [-0.25, -0.2) is 4.79 Å². The third-order valence-corrected chi connectivity index (χ3v) is 4.33. The molecule has 2 aromatic rings. The van der Waals surface area contributed by atoms with Gasteiger partial charge in [0.15, 0.2) is 6.10 Å². The van der Waals surface area contributed by atoms with Crippen LogP contribution in [-0.2, 0) is 16.0 Å². The molecule has 1 aliphatic heterocycles. The van der Waals surface area contributed by atoms with Gasteiger partial charge in [0.05, 0.1) is 5.56 Å². The first-order valence-electron chi connectivity index (χ1n) is 7.84. The first kappa shape index (κ1) is 16.5. The van der Waals surface area contributed by atoms with Gasteiger partial charge in [-0.1, -0.05) is 37.6 Å². The number of ether oxygens (including phenoxy) is 1. The van der Waals surface area contributed by atoms with Crippen LogP contribution in [0.4, 0.5) is 5.69 Å². The van der Waals surface area contributed by atoms with Crippen molar-refractivity contribution in [2.75, 3.05) is 5.32 Å². The molecule has 1 atom stereocenters. The zero-order chi connectivity index (χ0) is 17.3. The molecular formula is C19H18ClNO3. The molecular weight excluding hydrogens is 326 g/mol. The monoisotopic (exact) mass is 343 g/mol. The minimum atomic E-state index is -0.830. The van der Waals surface area contributed by atoms with Crippen LogP contribution in [0, 0.1) is 0 Å². The minimum absolute atomic E-state index is 0.341. The van der Waals surface area contributed by atoms with E-state index in [4.69, 9.17) is 16.3 Å². The van der Waals surface area contributed by atoms with Crippen LogP contribution in [0.5, 0.6) is 0 Å². The fourth-order valence-electron chi connectivity index (χ4n) is 2.68. The fraction of sp³-hybridized carbons (Fsp3) is 0.263. The summed E-state index contributed by atoms with van der Waals surface area (Å²) < 4.78 is 5.29. The Hall–Kier alpha value is -2.33. The molecule has 4 nitrogen and oxygen atoms in total. The van der Waals surface area contributed by atoms with E-state index in [1.54, 1.807) is 30.3 Å². The van der Waals surface area contributed by atoms with Crippen LogP contribution in [0.1, 0.15) is 41.3 Å². The molecule has 0 radical (unpaired) electrons. The highest BCUT2D eigenvalue weighted by Gasteiger charge is 2.31. The van der Waals surface area contributed by atoms with Gasteiger partial charge in [-0.3, -0.25) is 4.79 Å². The first-order valence-corrected chi connectivity index (χ1v) is 8.22. The van der Waals surface area contributed by atoms with Gasteiger partial charge in [-0.2, -0.15) is 0 Å². The minimum Gasteiger partial charge on any atom is -0.448 e. The fourth-order valence-corrected chi connectivity index (χ4v) is 2.80. The number of hydrogen-bond donors (Lipinski definition) is 1. The number of carbonyl (C=O) groups is 2. The maximum absolute atomic E-state index is 12.4. The van der Waals surface area contributed by atoms with Gasteiger partial charge >= 0.3 is 5.97 Å². The molecule has 24 heavy (non-hydrogen) atoms. The van der Waals surface area contributed by atoms with Crippen molar-refractivity contribution >= 4 is 29.2 Å². The maximum Gasteiger partial charge on any atom is 0.339 e. The Morgan fingerprint density at radius 1 is 1.21 bits per heavy atom. The van der Waals surface area contributed by atoms with Gasteiger partial charge in [0, 0.05) is 17.1 Å². The van der Waals surface area contributed by atoms with Crippen LogP contribution < -0.4 is 5.32 Å². The summed E-state index contributed by atoms with van der Waals surface area (Å²) in [7, 11) is 0. The summed E-state index contributed by atoms with van der Waals surface area (Å²) in [5.74, 6) is -0.441. The highest BCUT2D eigenvalue weighted by atomic mass is 35.5. The molecule has 0 spiro atoms. The number of anilines is 1. The van der Waals surface area contributed by atoms with Crippen molar-refractivity contribution in [3.05, 3.63) is 64.2 Å². The average Bonchev–Trinajstić information content (AvgIpc) is 2.56. The molecule has 0 bridgehead atoms. The summed E-state index contributed by atoms with van der Waals surface area (Å²) in [6, 6.07) is 12.5. The molecule has 1 N–H and O–H groups in total. The Balaban J connectivity index is 1.78. The Bertz CT molecular complexity index is 784. The van der Waals surface area contributed by atoms with Crippen LogP contribution in [0.2, 0.25) is 5.02 Å². The SMILES string of the molecule is CC(C)c1ccc2c(c1)CC(C(=O)Nc1ccc(Cl)cc1)OC2=O. The lowest BCUT2D eigenvalue weighted by atomic mass is 9.92. The number of amides is 1. The largest absolute Gasteiger partial charge is 0.448 e. The second-order valence-corrected chi connectivity index (χ2v) is 6.60. The van der Waals surface area contributed by atoms with Crippen molar-refractivity contribution in [2.45, 2.75) is 32.3 Å². The number of esters is 1. The van der Waals surface area contributed by atoms with Crippen molar-refractivity contribution in [2.24, 2.45) is 0 Å². The summed E-state index contributed by atoms with van der Waals surface area (Å²) in [5.41, 5.74) is 3.14. The summed E-state index contributed by atoms with van der Waals surface area (Å²) in [6.07, 6.45) is -0.454. The number of halogens is 1. The smallest absolute Gasteiger partial charge is 0.339 e. The number of benzene rings is 2. The van der Waals surface area contributed by atoms with Crippen molar-refractivity contribution in [1.29, 1.82) is 0 Å². The summed E-state index contributed by atoms with van der Waals surface area (Å²) >= 11 is 5.83. The van der Waals surface area contributed by atoms with E-state index in [2.05, 4.69) is 19.2 Å². The number of fused-ring (bicyclic) bond motifs is 1. The van der Waals surface area contributed by atoms with Crippen LogP contribution in [0.3, 0.4) is 0 Å². The van der Waals surface area contributed by atoms with E-state index >= 15 is 0 Å². The second kappa shape index (κ2) is 6.65. The highest BCUT2D eigenvalue weighted by Crippen LogP contribution is 2.26. The molecule has 1 unspecified atom stereocenters. The number of hydrogen-bond acceptors (Lipinski definition) is 3. The average molecular weight is 344 g/mol. The van der Waals surface area contributed by atoms with E-state index in [-0.39, 0.29) is 5.91 Å².